The van der Waals surface area contributed by atoms with Crippen molar-refractivity contribution >= 4 is 23.7 Å². The highest BCUT2D eigenvalue weighted by molar-refractivity contribution is 5.90. The third kappa shape index (κ3) is 4.30. The summed E-state index contributed by atoms with van der Waals surface area (Å²) in [6.45, 7) is 1.88. The van der Waals surface area contributed by atoms with E-state index < -0.39 is 28.4 Å². The molecule has 0 spiro atoms. The van der Waals surface area contributed by atoms with Crippen LogP contribution in [0.5, 0.6) is 0 Å². The molecule has 1 saturated carbocycles. The Balaban J connectivity index is 1.79. The lowest BCUT2D eigenvalue weighted by molar-refractivity contribution is -0.152. The third-order valence-electron chi connectivity index (χ3n) is 6.99. The van der Waals surface area contributed by atoms with E-state index in [0.29, 0.717) is 11.3 Å². The molecule has 1 aliphatic carbocycles. The van der Waals surface area contributed by atoms with Gasteiger partial charge in [0.05, 0.1) is 13.0 Å². The maximum atomic E-state index is 14.1. The van der Waals surface area contributed by atoms with Crippen molar-refractivity contribution in [1.82, 2.24) is 9.60 Å². The van der Waals surface area contributed by atoms with Gasteiger partial charge in [0.25, 0.3) is 5.91 Å². The van der Waals surface area contributed by atoms with Gasteiger partial charge in [-0.3, -0.25) is 9.59 Å². The Bertz CT molecular complexity index is 1090. The van der Waals surface area contributed by atoms with Crippen molar-refractivity contribution in [2.75, 3.05) is 6.54 Å². The lowest BCUT2D eigenvalue weighted by Gasteiger charge is -2.49. The smallest absolute Gasteiger partial charge is 0.481 e. The van der Waals surface area contributed by atoms with Crippen LogP contribution in [0.4, 0.5) is 14.9 Å². The molecule has 1 heterocycles. The largest absolute Gasteiger partial charge is 0.547 e. The fourth-order valence-corrected chi connectivity index (χ4v) is 5.65. The van der Waals surface area contributed by atoms with Gasteiger partial charge in [0.2, 0.25) is 0 Å². The molecule has 0 radical (unpaired) electrons. The highest BCUT2D eigenvalue weighted by Gasteiger charge is 2.62. The number of hydrogen-bond donors (Lipinski definition) is 1. The number of fused-ring (bicyclic) bond motifs is 2. The van der Waals surface area contributed by atoms with Gasteiger partial charge in [-0.15, -0.1) is 0 Å². The molecular formula is C26H30FN2O5+. The second-order valence-electron chi connectivity index (χ2n) is 8.96. The summed E-state index contributed by atoms with van der Waals surface area (Å²) in [6.07, 6.45) is 2.32. The normalized spacial score (nSPS) is 23.0. The summed E-state index contributed by atoms with van der Waals surface area (Å²) in [6, 6.07) is 13.3. The SMILES string of the molecule is CCN(C(=O)CCC(=O)O)[N@@+]1(C(=O)OCc2cccc(F)c2)c2ccccc2C[C@H]2CCC[C@H]21. The Labute approximate surface area is 198 Å². The highest BCUT2D eigenvalue weighted by atomic mass is 19.1. The topological polar surface area (TPSA) is 83.9 Å². The zero-order valence-corrected chi connectivity index (χ0v) is 19.3. The van der Waals surface area contributed by atoms with E-state index in [4.69, 9.17) is 9.84 Å². The van der Waals surface area contributed by atoms with E-state index in [9.17, 15) is 18.8 Å². The first-order chi connectivity index (χ1) is 16.4. The molecule has 3 atom stereocenters. The molecular weight excluding hydrogens is 439 g/mol. The first-order valence-corrected chi connectivity index (χ1v) is 11.8. The minimum absolute atomic E-state index is 0.128. The molecule has 2 amide bonds. The quantitative estimate of drug-likeness (QED) is 0.613. The van der Waals surface area contributed by atoms with Crippen molar-refractivity contribution in [3.8, 4) is 0 Å². The van der Waals surface area contributed by atoms with E-state index in [1.807, 2.05) is 24.3 Å². The molecule has 34 heavy (non-hydrogen) atoms. The Kier molecular flexibility index (Phi) is 6.97. The number of ether oxygens (including phenoxy) is 1. The molecule has 2 aromatic carbocycles. The van der Waals surface area contributed by atoms with Crippen LogP contribution in [0.25, 0.3) is 0 Å². The average Bonchev–Trinajstić information content (AvgIpc) is 3.30. The fourth-order valence-electron chi connectivity index (χ4n) is 5.65. The highest BCUT2D eigenvalue weighted by Crippen LogP contribution is 2.48. The van der Waals surface area contributed by atoms with Crippen LogP contribution < -0.4 is 4.59 Å². The van der Waals surface area contributed by atoms with Gasteiger partial charge >= 0.3 is 12.1 Å². The van der Waals surface area contributed by atoms with Crippen LogP contribution >= 0.6 is 0 Å². The standard InChI is InChI=1S/C26H29FN2O5/c1-2-28(24(30)13-14-25(31)32)29(26(33)34-17-18-7-5-10-21(27)15-18)22-11-4-3-8-19(22)16-20-9-6-12-23(20)29/h3-5,7-8,10-11,15,20,23H,2,6,9,12-14,16-17H2,1H3/p+1/t20-,23-,29+/m1/s1. The van der Waals surface area contributed by atoms with Crippen LogP contribution in [0.1, 0.15) is 50.2 Å². The van der Waals surface area contributed by atoms with E-state index >= 15 is 0 Å². The minimum atomic E-state index is -1.07. The number of carboxylic acids is 1. The van der Waals surface area contributed by atoms with Gasteiger partial charge in [0, 0.05) is 30.4 Å². The fraction of sp³-hybridized carbons (Fsp3) is 0.423. The average molecular weight is 470 g/mol. The molecule has 1 fully saturated rings. The number of rotatable bonds is 6. The number of carbonyl (C=O) groups excluding carboxylic acids is 2. The number of quaternary nitrogens is 1. The van der Waals surface area contributed by atoms with E-state index in [1.54, 1.807) is 19.1 Å². The molecule has 1 N–H and O–H groups in total. The third-order valence-corrected chi connectivity index (χ3v) is 6.99. The Morgan fingerprint density at radius 3 is 2.65 bits per heavy atom. The number of halogens is 1. The van der Waals surface area contributed by atoms with E-state index in [0.717, 1.165) is 31.2 Å². The molecule has 8 heteroatoms. The predicted molar refractivity (Wildman–Crippen MR) is 124 cm³/mol. The zero-order chi connectivity index (χ0) is 24.3. The minimum Gasteiger partial charge on any atom is -0.481 e. The van der Waals surface area contributed by atoms with Gasteiger partial charge in [0.15, 0.2) is 5.69 Å². The van der Waals surface area contributed by atoms with Crippen LogP contribution in [0.15, 0.2) is 48.5 Å². The van der Waals surface area contributed by atoms with Crippen molar-refractivity contribution in [3.63, 3.8) is 0 Å². The summed E-state index contributed by atoms with van der Waals surface area (Å²) in [5.74, 6) is -1.70. The van der Waals surface area contributed by atoms with Crippen molar-refractivity contribution < 1.29 is 28.6 Å². The molecule has 0 aromatic heterocycles. The second kappa shape index (κ2) is 9.93. The molecule has 2 aromatic rings. The van der Waals surface area contributed by atoms with Crippen molar-refractivity contribution in [3.05, 3.63) is 65.5 Å². The Morgan fingerprint density at radius 2 is 1.91 bits per heavy atom. The first-order valence-electron chi connectivity index (χ1n) is 11.8. The zero-order valence-electron chi connectivity index (χ0n) is 19.3. The lowest BCUT2D eigenvalue weighted by Crippen LogP contribution is -2.74. The number of aliphatic carboxylic acids is 1. The number of benzene rings is 2. The van der Waals surface area contributed by atoms with Gasteiger partial charge in [-0.2, -0.15) is 9.80 Å². The monoisotopic (exact) mass is 469 g/mol. The molecule has 4 rings (SSSR count). The summed E-state index contributed by atoms with van der Waals surface area (Å²) < 4.78 is 19.1. The summed E-state index contributed by atoms with van der Waals surface area (Å²) in [7, 11) is 0. The Morgan fingerprint density at radius 1 is 1.12 bits per heavy atom. The maximum absolute atomic E-state index is 14.1. The van der Waals surface area contributed by atoms with Gasteiger partial charge in [-0.1, -0.05) is 34.9 Å². The van der Waals surface area contributed by atoms with E-state index in [1.165, 1.54) is 17.1 Å². The number of carboxylic acid groups (broad SMARTS) is 1. The van der Waals surface area contributed by atoms with Crippen molar-refractivity contribution in [2.24, 2.45) is 5.92 Å². The maximum Gasteiger partial charge on any atom is 0.547 e. The summed E-state index contributed by atoms with van der Waals surface area (Å²) >= 11 is 0. The lowest BCUT2D eigenvalue weighted by atomic mass is 9.86. The van der Waals surface area contributed by atoms with Crippen LogP contribution in [0.2, 0.25) is 0 Å². The van der Waals surface area contributed by atoms with Crippen molar-refractivity contribution in [2.45, 2.75) is 58.1 Å². The summed E-state index contributed by atoms with van der Waals surface area (Å²) in [5.41, 5.74) is 2.19. The molecule has 180 valence electrons. The van der Waals surface area contributed by atoms with Gasteiger partial charge < -0.3 is 9.84 Å². The second-order valence-corrected chi connectivity index (χ2v) is 8.96. The number of hydrogen-bond acceptors (Lipinski definition) is 4. The van der Waals surface area contributed by atoms with Crippen LogP contribution in [-0.4, -0.2) is 40.7 Å². The van der Waals surface area contributed by atoms with E-state index in [2.05, 4.69) is 0 Å². The van der Waals surface area contributed by atoms with Crippen LogP contribution in [0.3, 0.4) is 0 Å². The number of carbonyl (C=O) groups is 3. The van der Waals surface area contributed by atoms with Crippen molar-refractivity contribution in [1.29, 1.82) is 0 Å². The number of para-hydroxylation sites is 1. The molecule has 0 unspecified atom stereocenters. The Hall–Kier alpha value is -3.26. The van der Waals surface area contributed by atoms with Crippen LogP contribution in [-0.2, 0) is 27.4 Å². The number of amides is 2. The summed E-state index contributed by atoms with van der Waals surface area (Å²) in [5, 5.41) is 10.6. The molecule has 2 aliphatic rings. The van der Waals surface area contributed by atoms with Gasteiger partial charge in [-0.25, -0.2) is 4.39 Å². The van der Waals surface area contributed by atoms with Gasteiger partial charge in [-0.05, 0) is 43.9 Å². The number of nitrogens with zero attached hydrogens (tertiary/aromatic N) is 2. The molecule has 1 aliphatic heterocycles. The predicted octanol–water partition coefficient (Wildman–Crippen LogP) is 4.82. The van der Waals surface area contributed by atoms with E-state index in [-0.39, 0.29) is 38.0 Å². The molecule has 7 nitrogen and oxygen atoms in total. The molecule has 0 bridgehead atoms. The first kappa shape index (κ1) is 23.9. The summed E-state index contributed by atoms with van der Waals surface area (Å²) in [4.78, 5) is 38.6. The van der Waals surface area contributed by atoms with Gasteiger partial charge in [0.1, 0.15) is 18.5 Å². The molecule has 0 saturated heterocycles. The van der Waals surface area contributed by atoms with Crippen LogP contribution in [0, 0.1) is 11.7 Å².